The van der Waals surface area contributed by atoms with Crippen molar-refractivity contribution in [1.29, 1.82) is 0 Å². The Morgan fingerprint density at radius 3 is 2.46 bits per heavy atom. The minimum Gasteiger partial charge on any atom is -0.491 e. The van der Waals surface area contributed by atoms with E-state index in [2.05, 4.69) is 52.9 Å². The first kappa shape index (κ1) is 19.8. The van der Waals surface area contributed by atoms with Gasteiger partial charge in [0.2, 0.25) is 0 Å². The lowest BCUT2D eigenvalue weighted by Crippen LogP contribution is -2.36. The molecule has 0 spiro atoms. The van der Waals surface area contributed by atoms with Gasteiger partial charge in [0.15, 0.2) is 5.96 Å². The van der Waals surface area contributed by atoms with Crippen LogP contribution in [0.15, 0.2) is 53.5 Å². The van der Waals surface area contributed by atoms with Crippen LogP contribution < -0.4 is 15.4 Å². The van der Waals surface area contributed by atoms with Crippen LogP contribution in [0.5, 0.6) is 5.75 Å². The number of nitrogens with zero attached hydrogens (tertiary/aromatic N) is 1. The van der Waals surface area contributed by atoms with Crippen molar-refractivity contribution in [3.63, 3.8) is 0 Å². The molecule has 0 unspecified atom stereocenters. The molecule has 0 aliphatic rings. The molecule has 0 aliphatic heterocycles. The van der Waals surface area contributed by atoms with Crippen molar-refractivity contribution >= 4 is 5.96 Å². The summed E-state index contributed by atoms with van der Waals surface area (Å²) < 4.78 is 10.7. The van der Waals surface area contributed by atoms with Gasteiger partial charge in [0.25, 0.3) is 0 Å². The van der Waals surface area contributed by atoms with Crippen molar-refractivity contribution in [2.24, 2.45) is 4.99 Å². The Labute approximate surface area is 156 Å². The minimum absolute atomic E-state index is 0.549. The van der Waals surface area contributed by atoms with Crippen molar-refractivity contribution in [3.05, 3.63) is 65.2 Å². The predicted octanol–water partition coefficient (Wildman–Crippen LogP) is 3.14. The molecule has 0 heterocycles. The zero-order valence-corrected chi connectivity index (χ0v) is 15.9. The third-order valence-electron chi connectivity index (χ3n) is 4.08. The van der Waals surface area contributed by atoms with Crippen molar-refractivity contribution in [3.8, 4) is 5.75 Å². The summed E-state index contributed by atoms with van der Waals surface area (Å²) >= 11 is 0. The molecule has 0 amide bonds. The molecule has 0 saturated heterocycles. The van der Waals surface area contributed by atoms with Crippen molar-refractivity contribution in [1.82, 2.24) is 10.6 Å². The number of methoxy groups -OCH3 is 1. The molecular weight excluding hydrogens is 326 g/mol. The highest BCUT2D eigenvalue weighted by Crippen LogP contribution is 2.13. The number of ether oxygens (including phenoxy) is 2. The molecule has 2 rings (SSSR count). The van der Waals surface area contributed by atoms with Gasteiger partial charge in [0.1, 0.15) is 12.4 Å². The van der Waals surface area contributed by atoms with E-state index >= 15 is 0 Å². The van der Waals surface area contributed by atoms with Crippen LogP contribution in [0.2, 0.25) is 0 Å². The van der Waals surface area contributed by atoms with Crippen LogP contribution in [0.25, 0.3) is 0 Å². The number of aryl methyl sites for hydroxylation is 1. The molecule has 0 radical (unpaired) electrons. The highest BCUT2D eigenvalue weighted by atomic mass is 16.5. The van der Waals surface area contributed by atoms with Crippen LogP contribution in [-0.2, 0) is 24.2 Å². The fourth-order valence-corrected chi connectivity index (χ4v) is 2.65. The average Bonchev–Trinajstić information content (AvgIpc) is 2.69. The summed E-state index contributed by atoms with van der Waals surface area (Å²) in [6, 6.07) is 16.5. The van der Waals surface area contributed by atoms with E-state index in [9.17, 15) is 0 Å². The Kier molecular flexibility index (Phi) is 8.49. The van der Waals surface area contributed by atoms with Crippen LogP contribution in [-0.4, -0.2) is 33.3 Å². The van der Waals surface area contributed by atoms with E-state index in [1.807, 2.05) is 18.2 Å². The van der Waals surface area contributed by atoms with E-state index in [0.717, 1.165) is 30.2 Å². The topological polar surface area (TPSA) is 54.9 Å². The number of rotatable bonds is 9. The van der Waals surface area contributed by atoms with Crippen LogP contribution in [0.4, 0.5) is 0 Å². The van der Waals surface area contributed by atoms with Gasteiger partial charge < -0.3 is 20.1 Å². The van der Waals surface area contributed by atoms with Gasteiger partial charge in [-0.25, -0.2) is 0 Å². The Balaban J connectivity index is 1.86. The highest BCUT2D eigenvalue weighted by molar-refractivity contribution is 5.79. The molecule has 140 valence electrons. The molecule has 0 saturated carbocycles. The Morgan fingerprint density at radius 1 is 0.962 bits per heavy atom. The maximum atomic E-state index is 5.65. The second kappa shape index (κ2) is 11.2. The summed E-state index contributed by atoms with van der Waals surface area (Å²) in [6.45, 7) is 4.74. The largest absolute Gasteiger partial charge is 0.491 e. The fourth-order valence-electron chi connectivity index (χ4n) is 2.65. The molecule has 5 heteroatoms. The van der Waals surface area contributed by atoms with Crippen LogP contribution in [0.1, 0.15) is 23.6 Å². The minimum atomic E-state index is 0.549. The molecular formula is C21H29N3O2. The number of aliphatic imine (C=N–C) groups is 1. The van der Waals surface area contributed by atoms with Crippen LogP contribution in [0, 0.1) is 0 Å². The monoisotopic (exact) mass is 355 g/mol. The SMILES string of the molecule is CCc1ccccc1CNC(=NC)NCc1cccc(OCCOC)c1. The number of hydrogen-bond acceptors (Lipinski definition) is 3. The summed E-state index contributed by atoms with van der Waals surface area (Å²) in [6.07, 6.45) is 1.03. The standard InChI is InChI=1S/C21H29N3O2/c1-4-18-9-5-6-10-19(18)16-24-21(22-2)23-15-17-8-7-11-20(14-17)26-13-12-25-3/h5-11,14H,4,12-13,15-16H2,1-3H3,(H2,22,23,24). The van der Waals surface area contributed by atoms with Gasteiger partial charge in [0, 0.05) is 27.2 Å². The van der Waals surface area contributed by atoms with Gasteiger partial charge in [-0.05, 0) is 35.2 Å². The fraction of sp³-hybridized carbons (Fsp3) is 0.381. The smallest absolute Gasteiger partial charge is 0.191 e. The summed E-state index contributed by atoms with van der Waals surface area (Å²) in [5.74, 6) is 1.63. The first-order valence-corrected chi connectivity index (χ1v) is 8.98. The summed E-state index contributed by atoms with van der Waals surface area (Å²) in [5, 5.41) is 6.72. The van der Waals surface area contributed by atoms with Gasteiger partial charge in [0.05, 0.1) is 6.61 Å². The lowest BCUT2D eigenvalue weighted by atomic mass is 10.1. The molecule has 0 aromatic heterocycles. The maximum absolute atomic E-state index is 5.65. The average molecular weight is 355 g/mol. The Bertz CT molecular complexity index is 701. The molecule has 0 aliphatic carbocycles. The number of nitrogens with one attached hydrogen (secondary N) is 2. The molecule has 5 nitrogen and oxygen atoms in total. The van der Waals surface area contributed by atoms with Crippen molar-refractivity contribution in [2.45, 2.75) is 26.4 Å². The first-order chi connectivity index (χ1) is 12.8. The molecule has 0 bridgehead atoms. The molecule has 0 atom stereocenters. The number of benzene rings is 2. The second-order valence-corrected chi connectivity index (χ2v) is 5.89. The molecule has 0 fully saturated rings. The first-order valence-electron chi connectivity index (χ1n) is 8.98. The molecule has 2 aromatic carbocycles. The van der Waals surface area contributed by atoms with Crippen LogP contribution >= 0.6 is 0 Å². The van der Waals surface area contributed by atoms with Crippen molar-refractivity contribution in [2.75, 3.05) is 27.4 Å². The zero-order chi connectivity index (χ0) is 18.6. The Morgan fingerprint density at radius 2 is 1.73 bits per heavy atom. The summed E-state index contributed by atoms with van der Waals surface area (Å²) in [5.41, 5.74) is 3.79. The van der Waals surface area contributed by atoms with Gasteiger partial charge >= 0.3 is 0 Å². The van der Waals surface area contributed by atoms with E-state index in [-0.39, 0.29) is 0 Å². The van der Waals surface area contributed by atoms with Gasteiger partial charge in [-0.1, -0.05) is 43.3 Å². The normalized spacial score (nSPS) is 11.3. The number of hydrogen-bond donors (Lipinski definition) is 2. The third kappa shape index (κ3) is 6.41. The van der Waals surface area contributed by atoms with Gasteiger partial charge in [-0.2, -0.15) is 0 Å². The van der Waals surface area contributed by atoms with Gasteiger partial charge in [-0.15, -0.1) is 0 Å². The maximum Gasteiger partial charge on any atom is 0.191 e. The third-order valence-corrected chi connectivity index (χ3v) is 4.08. The van der Waals surface area contributed by atoms with E-state index in [4.69, 9.17) is 9.47 Å². The predicted molar refractivity (Wildman–Crippen MR) is 107 cm³/mol. The second-order valence-electron chi connectivity index (χ2n) is 5.89. The molecule has 2 aromatic rings. The summed E-state index contributed by atoms with van der Waals surface area (Å²) in [7, 11) is 3.45. The highest BCUT2D eigenvalue weighted by Gasteiger charge is 2.03. The molecule has 26 heavy (non-hydrogen) atoms. The van der Waals surface area contributed by atoms with E-state index < -0.39 is 0 Å². The van der Waals surface area contributed by atoms with E-state index in [0.29, 0.717) is 19.8 Å². The van der Waals surface area contributed by atoms with Gasteiger partial charge in [-0.3, -0.25) is 4.99 Å². The lowest BCUT2D eigenvalue weighted by Gasteiger charge is -2.14. The molecule has 2 N–H and O–H groups in total. The number of guanidine groups is 1. The van der Waals surface area contributed by atoms with E-state index in [1.165, 1.54) is 11.1 Å². The summed E-state index contributed by atoms with van der Waals surface area (Å²) in [4.78, 5) is 4.30. The Hall–Kier alpha value is -2.53. The zero-order valence-electron chi connectivity index (χ0n) is 15.9. The lowest BCUT2D eigenvalue weighted by molar-refractivity contribution is 0.146. The van der Waals surface area contributed by atoms with E-state index in [1.54, 1.807) is 14.2 Å². The van der Waals surface area contributed by atoms with Crippen molar-refractivity contribution < 1.29 is 9.47 Å². The quantitative estimate of drug-likeness (QED) is 0.412. The van der Waals surface area contributed by atoms with Crippen LogP contribution in [0.3, 0.4) is 0 Å².